The Kier molecular flexibility index (Phi) is 8.24. The van der Waals surface area contributed by atoms with Gasteiger partial charge in [0.15, 0.2) is 5.84 Å². The number of nitrogens with zero attached hydrogens (tertiary/aromatic N) is 1. The van der Waals surface area contributed by atoms with Gasteiger partial charge in [0, 0.05) is 13.2 Å². The number of rotatable bonds is 8. The molecule has 0 aliphatic heterocycles. The molecule has 6 heteroatoms. The second kappa shape index (κ2) is 8.96. The Morgan fingerprint density at radius 3 is 2.75 bits per heavy atom. The first-order valence-electron chi connectivity index (χ1n) is 5.50. The normalized spacial score (nSPS) is 13.5. The summed E-state index contributed by atoms with van der Waals surface area (Å²) in [6, 6.07) is 0. The number of amides is 1. The van der Waals surface area contributed by atoms with Gasteiger partial charge in [-0.05, 0) is 13.3 Å². The third-order valence-electron chi connectivity index (χ3n) is 2.12. The maximum absolute atomic E-state index is 11.7. The van der Waals surface area contributed by atoms with Crippen molar-refractivity contribution >= 4 is 11.7 Å². The Balaban J connectivity index is 4.07. The van der Waals surface area contributed by atoms with Crippen LogP contribution in [0, 0.1) is 5.92 Å². The zero-order valence-corrected chi connectivity index (χ0v) is 9.90. The number of ether oxygens (including phenoxy) is 1. The second-order valence-corrected chi connectivity index (χ2v) is 3.35. The van der Waals surface area contributed by atoms with Crippen molar-refractivity contribution in [1.29, 1.82) is 0 Å². The van der Waals surface area contributed by atoms with Gasteiger partial charge in [0.05, 0.1) is 12.5 Å². The van der Waals surface area contributed by atoms with Crippen molar-refractivity contribution in [2.45, 2.75) is 26.7 Å². The highest BCUT2D eigenvalue weighted by Gasteiger charge is 2.21. The number of hydrogen-bond donors (Lipinski definition) is 3. The Labute approximate surface area is 95.8 Å². The molecule has 1 atom stereocenters. The van der Waals surface area contributed by atoms with Crippen LogP contribution in [0.3, 0.4) is 0 Å². The molecule has 0 spiro atoms. The smallest absolute Gasteiger partial charge is 0.230 e. The van der Waals surface area contributed by atoms with Gasteiger partial charge in [0.25, 0.3) is 0 Å². The average molecular weight is 231 g/mol. The molecule has 0 heterocycles. The molecule has 0 radical (unpaired) electrons. The van der Waals surface area contributed by atoms with Crippen LogP contribution >= 0.6 is 0 Å². The minimum atomic E-state index is -0.559. The van der Waals surface area contributed by atoms with Gasteiger partial charge >= 0.3 is 0 Å². The first-order chi connectivity index (χ1) is 7.67. The van der Waals surface area contributed by atoms with Gasteiger partial charge in [-0.2, -0.15) is 0 Å². The molecule has 0 aromatic carbocycles. The summed E-state index contributed by atoms with van der Waals surface area (Å²) in [4.78, 5) is 11.7. The van der Waals surface area contributed by atoms with Crippen LogP contribution < -0.4 is 11.1 Å². The van der Waals surface area contributed by atoms with E-state index in [1.54, 1.807) is 0 Å². The molecule has 0 saturated heterocycles. The van der Waals surface area contributed by atoms with E-state index in [1.807, 2.05) is 13.8 Å². The molecule has 0 aliphatic rings. The largest absolute Gasteiger partial charge is 0.409 e. The van der Waals surface area contributed by atoms with Crippen molar-refractivity contribution in [3.05, 3.63) is 0 Å². The van der Waals surface area contributed by atoms with Crippen LogP contribution in [0.25, 0.3) is 0 Å². The van der Waals surface area contributed by atoms with E-state index in [2.05, 4.69) is 10.5 Å². The lowest BCUT2D eigenvalue weighted by molar-refractivity contribution is -0.123. The number of amidine groups is 1. The maximum atomic E-state index is 11.7. The Morgan fingerprint density at radius 2 is 2.25 bits per heavy atom. The van der Waals surface area contributed by atoms with Crippen LogP contribution in [0.4, 0.5) is 0 Å². The van der Waals surface area contributed by atoms with Crippen molar-refractivity contribution in [3.63, 3.8) is 0 Å². The fourth-order valence-electron chi connectivity index (χ4n) is 1.29. The maximum Gasteiger partial charge on any atom is 0.230 e. The van der Waals surface area contributed by atoms with Crippen molar-refractivity contribution in [3.8, 4) is 0 Å². The van der Waals surface area contributed by atoms with Gasteiger partial charge < -0.3 is 21.0 Å². The lowest BCUT2D eigenvalue weighted by atomic mass is 10.0. The molecule has 0 aromatic rings. The topological polar surface area (TPSA) is 96.9 Å². The fourth-order valence-corrected chi connectivity index (χ4v) is 1.29. The standard InChI is InChI=1S/C10H21N3O3/c1-3-5-8(9(11)13-15)10(14)12-6-7-16-4-2/h8,15H,3-7H2,1-2H3,(H2,11,13)(H,12,14). The summed E-state index contributed by atoms with van der Waals surface area (Å²) in [7, 11) is 0. The minimum absolute atomic E-state index is 0.0456. The molecule has 0 rings (SSSR count). The van der Waals surface area contributed by atoms with E-state index in [4.69, 9.17) is 15.7 Å². The Hall–Kier alpha value is -1.30. The number of nitrogens with one attached hydrogen (secondary N) is 1. The summed E-state index contributed by atoms with van der Waals surface area (Å²) in [5.74, 6) is -0.829. The van der Waals surface area contributed by atoms with E-state index in [-0.39, 0.29) is 11.7 Å². The van der Waals surface area contributed by atoms with Crippen LogP contribution in [0.2, 0.25) is 0 Å². The van der Waals surface area contributed by atoms with Crippen LogP contribution in [0.5, 0.6) is 0 Å². The molecule has 1 unspecified atom stereocenters. The SMILES string of the molecule is CCCC(C(=O)NCCOCC)C(N)=NO. The fraction of sp³-hybridized carbons (Fsp3) is 0.800. The summed E-state index contributed by atoms with van der Waals surface area (Å²) in [5.41, 5.74) is 5.44. The molecule has 0 aromatic heterocycles. The first kappa shape index (κ1) is 14.7. The number of nitrogens with two attached hydrogens (primary N) is 1. The van der Waals surface area contributed by atoms with Gasteiger partial charge in [-0.1, -0.05) is 18.5 Å². The molecule has 0 fully saturated rings. The number of carbonyl (C=O) groups is 1. The summed E-state index contributed by atoms with van der Waals surface area (Å²) in [6.07, 6.45) is 1.36. The molecule has 0 bridgehead atoms. The van der Waals surface area contributed by atoms with Crippen molar-refractivity contribution < 1.29 is 14.7 Å². The van der Waals surface area contributed by atoms with Crippen molar-refractivity contribution in [2.24, 2.45) is 16.8 Å². The summed E-state index contributed by atoms with van der Waals surface area (Å²) < 4.78 is 5.08. The third-order valence-corrected chi connectivity index (χ3v) is 2.12. The highest BCUT2D eigenvalue weighted by Crippen LogP contribution is 2.06. The molecule has 0 saturated carbocycles. The molecule has 1 amide bonds. The predicted octanol–water partition coefficient (Wildman–Crippen LogP) is 0.302. The van der Waals surface area contributed by atoms with E-state index in [0.717, 1.165) is 6.42 Å². The average Bonchev–Trinajstić information content (AvgIpc) is 2.30. The highest BCUT2D eigenvalue weighted by molar-refractivity contribution is 6.01. The van der Waals surface area contributed by atoms with Crippen LogP contribution in [0.1, 0.15) is 26.7 Å². The van der Waals surface area contributed by atoms with E-state index in [0.29, 0.717) is 26.2 Å². The van der Waals surface area contributed by atoms with Crippen LogP contribution in [-0.4, -0.2) is 36.7 Å². The lowest BCUT2D eigenvalue weighted by Crippen LogP contribution is -2.40. The van der Waals surface area contributed by atoms with E-state index >= 15 is 0 Å². The van der Waals surface area contributed by atoms with Crippen LogP contribution in [-0.2, 0) is 9.53 Å². The quantitative estimate of drug-likeness (QED) is 0.184. The third kappa shape index (κ3) is 5.55. The van der Waals surface area contributed by atoms with Gasteiger partial charge in [-0.3, -0.25) is 4.79 Å². The van der Waals surface area contributed by atoms with Gasteiger partial charge in [-0.15, -0.1) is 0 Å². The number of carbonyl (C=O) groups excluding carboxylic acids is 1. The van der Waals surface area contributed by atoms with E-state index < -0.39 is 5.92 Å². The molecule has 94 valence electrons. The van der Waals surface area contributed by atoms with E-state index in [1.165, 1.54) is 0 Å². The second-order valence-electron chi connectivity index (χ2n) is 3.35. The predicted molar refractivity (Wildman–Crippen MR) is 61.3 cm³/mol. The minimum Gasteiger partial charge on any atom is -0.409 e. The summed E-state index contributed by atoms with van der Waals surface area (Å²) in [5, 5.41) is 14.1. The molecular weight excluding hydrogens is 210 g/mol. The van der Waals surface area contributed by atoms with Gasteiger partial charge in [0.2, 0.25) is 5.91 Å². The summed E-state index contributed by atoms with van der Waals surface area (Å²) >= 11 is 0. The molecule has 16 heavy (non-hydrogen) atoms. The van der Waals surface area contributed by atoms with Crippen molar-refractivity contribution in [1.82, 2.24) is 5.32 Å². The lowest BCUT2D eigenvalue weighted by Gasteiger charge is -2.14. The van der Waals surface area contributed by atoms with Gasteiger partial charge in [-0.25, -0.2) is 0 Å². The molecular formula is C10H21N3O3. The number of hydrogen-bond acceptors (Lipinski definition) is 4. The Morgan fingerprint density at radius 1 is 1.56 bits per heavy atom. The zero-order valence-electron chi connectivity index (χ0n) is 9.90. The van der Waals surface area contributed by atoms with Gasteiger partial charge in [0.1, 0.15) is 0 Å². The molecule has 0 aliphatic carbocycles. The Bertz CT molecular complexity index is 231. The highest BCUT2D eigenvalue weighted by atomic mass is 16.5. The first-order valence-corrected chi connectivity index (χ1v) is 5.50. The van der Waals surface area contributed by atoms with Crippen molar-refractivity contribution in [2.75, 3.05) is 19.8 Å². The number of oxime groups is 1. The summed E-state index contributed by atoms with van der Waals surface area (Å²) in [6.45, 7) is 5.35. The zero-order chi connectivity index (χ0) is 12.4. The monoisotopic (exact) mass is 231 g/mol. The van der Waals surface area contributed by atoms with Crippen LogP contribution in [0.15, 0.2) is 5.16 Å². The van der Waals surface area contributed by atoms with E-state index in [9.17, 15) is 4.79 Å². The molecule has 4 N–H and O–H groups in total. The molecule has 6 nitrogen and oxygen atoms in total.